The van der Waals surface area contributed by atoms with E-state index in [4.69, 9.17) is 0 Å². The lowest BCUT2D eigenvalue weighted by Crippen LogP contribution is -2.24. The van der Waals surface area contributed by atoms with E-state index in [9.17, 15) is 0 Å². The van der Waals surface area contributed by atoms with Crippen molar-refractivity contribution in [1.82, 2.24) is 14.9 Å². The van der Waals surface area contributed by atoms with Crippen LogP contribution in [-0.4, -0.2) is 9.55 Å². The van der Waals surface area contributed by atoms with Crippen LogP contribution in [0, 0.1) is 0 Å². The Hall–Kier alpha value is -1.13. The summed E-state index contributed by atoms with van der Waals surface area (Å²) in [5.74, 6) is 1.05. The summed E-state index contributed by atoms with van der Waals surface area (Å²) in [5, 5.41) is 3.56. The van der Waals surface area contributed by atoms with E-state index < -0.39 is 0 Å². The molecule has 1 N–H and O–H groups in total. The number of hydrogen-bond donors (Lipinski definition) is 1. The van der Waals surface area contributed by atoms with E-state index in [2.05, 4.69) is 58.3 Å². The largest absolute Gasteiger partial charge is 0.337 e. The Balaban J connectivity index is 2.08. The van der Waals surface area contributed by atoms with Gasteiger partial charge < -0.3 is 9.88 Å². The molecule has 0 saturated heterocycles. The summed E-state index contributed by atoms with van der Waals surface area (Å²) in [6.45, 7) is 4.30. The van der Waals surface area contributed by atoms with Crippen molar-refractivity contribution < 1.29 is 0 Å². The quantitative estimate of drug-likeness (QED) is 0.935. The van der Waals surface area contributed by atoms with Crippen LogP contribution in [0.4, 0.5) is 0 Å². The monoisotopic (exact) mass is 307 g/mol. The maximum Gasteiger partial charge on any atom is 0.125 e. The van der Waals surface area contributed by atoms with E-state index in [1.165, 1.54) is 5.56 Å². The second kappa shape index (κ2) is 5.67. The molecule has 0 saturated carbocycles. The van der Waals surface area contributed by atoms with Gasteiger partial charge in [0.15, 0.2) is 0 Å². The Morgan fingerprint density at radius 2 is 2.06 bits per heavy atom. The molecule has 0 fully saturated rings. The average molecular weight is 308 g/mol. The van der Waals surface area contributed by atoms with Crippen molar-refractivity contribution in [2.45, 2.75) is 25.9 Å². The predicted octanol–water partition coefficient (Wildman–Crippen LogP) is 3.59. The predicted molar refractivity (Wildman–Crippen MR) is 77.3 cm³/mol. The van der Waals surface area contributed by atoms with Crippen LogP contribution < -0.4 is 5.32 Å². The van der Waals surface area contributed by atoms with Gasteiger partial charge in [-0.1, -0.05) is 28.1 Å². The summed E-state index contributed by atoms with van der Waals surface area (Å²) in [4.78, 5) is 4.37. The number of aryl methyl sites for hydroxylation is 1. The van der Waals surface area contributed by atoms with E-state index in [1.807, 2.05) is 30.1 Å². The van der Waals surface area contributed by atoms with Gasteiger partial charge in [-0.2, -0.15) is 0 Å². The van der Waals surface area contributed by atoms with Crippen LogP contribution in [0.5, 0.6) is 0 Å². The third kappa shape index (κ3) is 3.00. The lowest BCUT2D eigenvalue weighted by atomic mass is 10.1. The molecule has 0 spiro atoms. The normalized spacial score (nSPS) is 14.4. The van der Waals surface area contributed by atoms with Crippen LogP contribution in [0.1, 0.15) is 37.3 Å². The van der Waals surface area contributed by atoms with Crippen molar-refractivity contribution in [2.75, 3.05) is 0 Å². The van der Waals surface area contributed by atoms with Crippen LogP contribution >= 0.6 is 15.9 Å². The molecule has 0 aliphatic carbocycles. The standard InChI is InChI=1S/C14H18BrN3/c1-10(12-5-4-6-13(15)9-12)17-11(2)14-16-7-8-18(14)3/h4-11,17H,1-3H3/t10-,11?/m0/s1. The Kier molecular flexibility index (Phi) is 4.19. The smallest absolute Gasteiger partial charge is 0.125 e. The van der Waals surface area contributed by atoms with E-state index >= 15 is 0 Å². The highest BCUT2D eigenvalue weighted by molar-refractivity contribution is 9.10. The van der Waals surface area contributed by atoms with Crippen molar-refractivity contribution in [3.63, 3.8) is 0 Å². The van der Waals surface area contributed by atoms with Gasteiger partial charge in [0.2, 0.25) is 0 Å². The molecule has 4 heteroatoms. The molecule has 2 aromatic rings. The zero-order valence-electron chi connectivity index (χ0n) is 10.9. The molecule has 18 heavy (non-hydrogen) atoms. The third-order valence-electron chi connectivity index (χ3n) is 3.09. The van der Waals surface area contributed by atoms with Crippen molar-refractivity contribution in [3.8, 4) is 0 Å². The third-order valence-corrected chi connectivity index (χ3v) is 3.59. The van der Waals surface area contributed by atoms with Crippen LogP contribution in [0.2, 0.25) is 0 Å². The fourth-order valence-corrected chi connectivity index (χ4v) is 2.53. The Morgan fingerprint density at radius 3 is 2.67 bits per heavy atom. The van der Waals surface area contributed by atoms with Gasteiger partial charge in [-0.15, -0.1) is 0 Å². The molecule has 2 rings (SSSR count). The van der Waals surface area contributed by atoms with E-state index in [-0.39, 0.29) is 12.1 Å². The van der Waals surface area contributed by atoms with Crippen molar-refractivity contribution in [3.05, 3.63) is 52.5 Å². The first-order chi connectivity index (χ1) is 8.58. The minimum Gasteiger partial charge on any atom is -0.337 e. The Morgan fingerprint density at radius 1 is 1.28 bits per heavy atom. The van der Waals surface area contributed by atoms with Gasteiger partial charge in [0.25, 0.3) is 0 Å². The maximum absolute atomic E-state index is 4.37. The molecule has 1 aromatic carbocycles. The van der Waals surface area contributed by atoms with Crippen LogP contribution in [0.25, 0.3) is 0 Å². The van der Waals surface area contributed by atoms with Gasteiger partial charge >= 0.3 is 0 Å². The van der Waals surface area contributed by atoms with Gasteiger partial charge in [-0.05, 0) is 31.5 Å². The average Bonchev–Trinajstić information content (AvgIpc) is 2.75. The minimum absolute atomic E-state index is 0.221. The SMILES string of the molecule is CC(N[C@@H](C)c1cccc(Br)c1)c1nccn1C. The highest BCUT2D eigenvalue weighted by atomic mass is 79.9. The van der Waals surface area contributed by atoms with Gasteiger partial charge in [0, 0.05) is 30.0 Å². The molecule has 3 nitrogen and oxygen atoms in total. The van der Waals surface area contributed by atoms with Gasteiger partial charge in [-0.3, -0.25) is 0 Å². The lowest BCUT2D eigenvalue weighted by Gasteiger charge is -2.20. The molecule has 0 amide bonds. The zero-order chi connectivity index (χ0) is 13.1. The first kappa shape index (κ1) is 13.3. The summed E-state index contributed by atoms with van der Waals surface area (Å²) in [7, 11) is 2.02. The van der Waals surface area contributed by atoms with Crippen molar-refractivity contribution in [1.29, 1.82) is 0 Å². The van der Waals surface area contributed by atoms with E-state index in [1.54, 1.807) is 0 Å². The number of imidazole rings is 1. The molecule has 96 valence electrons. The Bertz CT molecular complexity index is 521. The molecule has 1 unspecified atom stereocenters. The molecular weight excluding hydrogens is 290 g/mol. The number of nitrogens with one attached hydrogen (secondary N) is 1. The minimum atomic E-state index is 0.221. The highest BCUT2D eigenvalue weighted by Gasteiger charge is 2.14. The number of rotatable bonds is 4. The van der Waals surface area contributed by atoms with Gasteiger partial charge in [0.1, 0.15) is 5.82 Å². The molecule has 0 radical (unpaired) electrons. The zero-order valence-corrected chi connectivity index (χ0v) is 12.5. The summed E-state index contributed by atoms with van der Waals surface area (Å²) in [6.07, 6.45) is 3.80. The van der Waals surface area contributed by atoms with Gasteiger partial charge in [0.05, 0.1) is 6.04 Å². The molecule has 1 aromatic heterocycles. The summed E-state index contributed by atoms with van der Waals surface area (Å²) >= 11 is 3.50. The molecule has 0 bridgehead atoms. The first-order valence-corrected chi connectivity index (χ1v) is 6.86. The highest BCUT2D eigenvalue weighted by Crippen LogP contribution is 2.21. The summed E-state index contributed by atoms with van der Waals surface area (Å²) in [5.41, 5.74) is 1.27. The van der Waals surface area contributed by atoms with Crippen LogP contribution in [0.3, 0.4) is 0 Å². The molecule has 2 atom stereocenters. The number of hydrogen-bond acceptors (Lipinski definition) is 2. The molecule has 0 aliphatic rings. The topological polar surface area (TPSA) is 29.9 Å². The first-order valence-electron chi connectivity index (χ1n) is 6.06. The fourth-order valence-electron chi connectivity index (χ4n) is 2.12. The van der Waals surface area contributed by atoms with Gasteiger partial charge in [-0.25, -0.2) is 4.98 Å². The summed E-state index contributed by atoms with van der Waals surface area (Å²) < 4.78 is 3.16. The van der Waals surface area contributed by atoms with Crippen molar-refractivity contribution >= 4 is 15.9 Å². The van der Waals surface area contributed by atoms with E-state index in [0.29, 0.717) is 0 Å². The Labute approximate surface area is 116 Å². The summed E-state index contributed by atoms with van der Waals surface area (Å²) in [6, 6.07) is 8.88. The van der Waals surface area contributed by atoms with E-state index in [0.717, 1.165) is 10.3 Å². The fraction of sp³-hybridized carbons (Fsp3) is 0.357. The number of benzene rings is 1. The van der Waals surface area contributed by atoms with Crippen LogP contribution in [-0.2, 0) is 7.05 Å². The lowest BCUT2D eigenvalue weighted by molar-refractivity contribution is 0.467. The molecule has 0 aliphatic heterocycles. The number of nitrogens with zero attached hydrogens (tertiary/aromatic N) is 2. The second-order valence-electron chi connectivity index (χ2n) is 4.56. The maximum atomic E-state index is 4.37. The second-order valence-corrected chi connectivity index (χ2v) is 5.48. The van der Waals surface area contributed by atoms with Crippen LogP contribution in [0.15, 0.2) is 41.1 Å². The number of aromatic nitrogens is 2. The van der Waals surface area contributed by atoms with Crippen molar-refractivity contribution in [2.24, 2.45) is 7.05 Å². The number of halogens is 1. The molecule has 1 heterocycles. The molecular formula is C14H18BrN3.